The minimum Gasteiger partial charge on any atom is -0.456 e. The maximum absolute atomic E-state index is 12.7. The van der Waals surface area contributed by atoms with E-state index in [4.69, 9.17) is 16.3 Å². The quantitative estimate of drug-likeness (QED) is 0.756. The molecule has 1 atom stereocenters. The number of amides is 3. The lowest BCUT2D eigenvalue weighted by molar-refractivity contribution is -0.136. The zero-order valence-electron chi connectivity index (χ0n) is 15.6. The summed E-state index contributed by atoms with van der Waals surface area (Å²) in [5.41, 5.74) is 3.17. The van der Waals surface area contributed by atoms with Crippen molar-refractivity contribution in [2.24, 2.45) is 0 Å². The van der Waals surface area contributed by atoms with Gasteiger partial charge < -0.3 is 15.4 Å². The summed E-state index contributed by atoms with van der Waals surface area (Å²) in [7, 11) is 0. The van der Waals surface area contributed by atoms with Crippen LogP contribution in [0, 0.1) is 6.92 Å². The van der Waals surface area contributed by atoms with Gasteiger partial charge in [0.05, 0.1) is 17.3 Å². The molecule has 0 bridgehead atoms. The average molecular weight is 412 g/mol. The van der Waals surface area contributed by atoms with Crippen LogP contribution in [-0.4, -0.2) is 36.0 Å². The molecule has 2 N–H and O–H groups in total. The van der Waals surface area contributed by atoms with Gasteiger partial charge in [-0.25, -0.2) is 9.59 Å². The molecule has 0 radical (unpaired) electrons. The number of urea groups is 1. The molecular weight excluding hydrogens is 394 g/mol. The first kappa shape index (κ1) is 19.0. The molecule has 2 aromatic carbocycles. The Morgan fingerprint density at radius 3 is 2.55 bits per heavy atom. The number of halogens is 1. The smallest absolute Gasteiger partial charge is 0.338 e. The van der Waals surface area contributed by atoms with E-state index in [1.807, 2.05) is 31.2 Å². The van der Waals surface area contributed by atoms with E-state index >= 15 is 0 Å². The molecular formula is C21H18ClN3O4. The third kappa shape index (κ3) is 3.82. The second-order valence-electron chi connectivity index (χ2n) is 6.87. The fourth-order valence-electron chi connectivity index (χ4n) is 3.36. The van der Waals surface area contributed by atoms with Gasteiger partial charge in [-0.15, -0.1) is 0 Å². The molecule has 29 heavy (non-hydrogen) atoms. The molecule has 0 saturated carbocycles. The van der Waals surface area contributed by atoms with Crippen LogP contribution in [0.4, 0.5) is 10.5 Å². The molecule has 2 heterocycles. The van der Waals surface area contributed by atoms with E-state index in [1.165, 1.54) is 4.90 Å². The highest BCUT2D eigenvalue weighted by atomic mass is 35.5. The molecule has 8 heteroatoms. The Kier molecular flexibility index (Phi) is 4.98. The lowest BCUT2D eigenvalue weighted by Crippen LogP contribution is -2.49. The highest BCUT2D eigenvalue weighted by molar-refractivity contribution is 6.30. The van der Waals surface area contributed by atoms with Crippen LogP contribution in [0.25, 0.3) is 0 Å². The maximum atomic E-state index is 12.7. The molecule has 0 unspecified atom stereocenters. The molecule has 2 aromatic rings. The number of carbonyl (C=O) groups is 3. The first-order valence-electron chi connectivity index (χ1n) is 9.02. The van der Waals surface area contributed by atoms with Crippen LogP contribution >= 0.6 is 11.6 Å². The second-order valence-corrected chi connectivity index (χ2v) is 7.31. The molecule has 0 spiro atoms. The summed E-state index contributed by atoms with van der Waals surface area (Å²) in [6, 6.07) is 13.1. The molecule has 0 aromatic heterocycles. The van der Waals surface area contributed by atoms with Gasteiger partial charge in [-0.2, -0.15) is 0 Å². The Labute approximate surface area is 172 Å². The summed E-state index contributed by atoms with van der Waals surface area (Å²) < 4.78 is 5.17. The number of aryl methyl sites for hydroxylation is 1. The summed E-state index contributed by atoms with van der Waals surface area (Å²) in [5, 5.41) is 6.07. The van der Waals surface area contributed by atoms with Gasteiger partial charge >= 0.3 is 12.0 Å². The summed E-state index contributed by atoms with van der Waals surface area (Å²) in [4.78, 5) is 38.8. The molecule has 4 rings (SSSR count). The first-order valence-corrected chi connectivity index (χ1v) is 9.40. The number of anilines is 1. The topological polar surface area (TPSA) is 87.7 Å². The number of rotatable bonds is 4. The fourth-order valence-corrected chi connectivity index (χ4v) is 3.49. The van der Waals surface area contributed by atoms with Crippen LogP contribution in [0.1, 0.15) is 17.2 Å². The van der Waals surface area contributed by atoms with E-state index in [0.717, 1.165) is 11.1 Å². The van der Waals surface area contributed by atoms with Crippen molar-refractivity contribution < 1.29 is 19.1 Å². The maximum Gasteiger partial charge on any atom is 0.338 e. The van der Waals surface area contributed by atoms with Crippen molar-refractivity contribution in [3.63, 3.8) is 0 Å². The second kappa shape index (κ2) is 7.60. The van der Waals surface area contributed by atoms with Crippen molar-refractivity contribution in [2.75, 3.05) is 18.5 Å². The number of hydrogen-bond acceptors (Lipinski definition) is 4. The minimum atomic E-state index is -0.608. The number of hydrogen-bond donors (Lipinski definition) is 2. The van der Waals surface area contributed by atoms with Crippen molar-refractivity contribution >= 4 is 35.2 Å². The average Bonchev–Trinajstić information content (AvgIpc) is 3.08. The molecule has 7 nitrogen and oxygen atoms in total. The number of nitrogens with one attached hydrogen (secondary N) is 2. The molecule has 2 aliphatic heterocycles. The standard InChI is InChI=1S/C21H18ClN3O4/c1-12-2-4-13(5-3-12)19-18-16(11-29-20(18)27)25(21(28)24-19)10-17(26)23-15-8-6-14(22)7-9-15/h2-9,19H,10-11H2,1H3,(H,23,26)(H,24,28)/t19-/m1/s1. The fraction of sp³-hybridized carbons (Fsp3) is 0.190. The van der Waals surface area contributed by atoms with Crippen molar-refractivity contribution in [3.05, 3.63) is 76.0 Å². The zero-order chi connectivity index (χ0) is 20.5. The van der Waals surface area contributed by atoms with E-state index in [0.29, 0.717) is 22.0 Å². The molecule has 0 fully saturated rings. The van der Waals surface area contributed by atoms with Crippen molar-refractivity contribution in [1.29, 1.82) is 0 Å². The van der Waals surface area contributed by atoms with Gasteiger partial charge in [0.2, 0.25) is 5.91 Å². The lowest BCUT2D eigenvalue weighted by Gasteiger charge is -2.32. The molecule has 148 valence electrons. The predicted molar refractivity (Wildman–Crippen MR) is 107 cm³/mol. The summed E-state index contributed by atoms with van der Waals surface area (Å²) >= 11 is 5.84. The van der Waals surface area contributed by atoms with Gasteiger partial charge in [0.1, 0.15) is 13.2 Å². The molecule has 0 aliphatic carbocycles. The Morgan fingerprint density at radius 2 is 1.86 bits per heavy atom. The SMILES string of the molecule is Cc1ccc([C@H]2NC(=O)N(CC(=O)Nc3ccc(Cl)cc3)C3=C2C(=O)OC3)cc1. The van der Waals surface area contributed by atoms with Crippen LogP contribution in [0.15, 0.2) is 59.8 Å². The van der Waals surface area contributed by atoms with Gasteiger partial charge in [0, 0.05) is 10.7 Å². The monoisotopic (exact) mass is 411 g/mol. The Bertz CT molecular complexity index is 1020. The van der Waals surface area contributed by atoms with Crippen LogP contribution in [0.2, 0.25) is 5.02 Å². The first-order chi connectivity index (χ1) is 13.9. The van der Waals surface area contributed by atoms with E-state index < -0.39 is 23.9 Å². The van der Waals surface area contributed by atoms with Gasteiger partial charge in [-0.3, -0.25) is 9.69 Å². The highest BCUT2D eigenvalue weighted by Gasteiger charge is 2.42. The van der Waals surface area contributed by atoms with Crippen molar-refractivity contribution in [1.82, 2.24) is 10.2 Å². The van der Waals surface area contributed by atoms with Crippen LogP contribution < -0.4 is 10.6 Å². The number of nitrogens with zero attached hydrogens (tertiary/aromatic N) is 1. The van der Waals surface area contributed by atoms with E-state index in [2.05, 4.69) is 10.6 Å². The predicted octanol–water partition coefficient (Wildman–Crippen LogP) is 3.16. The third-order valence-corrected chi connectivity index (χ3v) is 5.09. The largest absolute Gasteiger partial charge is 0.456 e. The van der Waals surface area contributed by atoms with Crippen LogP contribution in [-0.2, 0) is 14.3 Å². The van der Waals surface area contributed by atoms with Crippen molar-refractivity contribution in [3.8, 4) is 0 Å². The summed E-state index contributed by atoms with van der Waals surface area (Å²) in [6.07, 6.45) is 0. The van der Waals surface area contributed by atoms with Crippen molar-refractivity contribution in [2.45, 2.75) is 13.0 Å². The number of carbonyl (C=O) groups excluding carboxylic acids is 3. The van der Waals surface area contributed by atoms with Crippen LogP contribution in [0.5, 0.6) is 0 Å². The Balaban J connectivity index is 1.58. The molecule has 3 amide bonds. The highest BCUT2D eigenvalue weighted by Crippen LogP contribution is 2.35. The van der Waals surface area contributed by atoms with E-state index in [1.54, 1.807) is 24.3 Å². The molecule has 2 aliphatic rings. The van der Waals surface area contributed by atoms with E-state index in [9.17, 15) is 14.4 Å². The number of benzene rings is 2. The Hall–Kier alpha value is -3.32. The summed E-state index contributed by atoms with van der Waals surface area (Å²) in [6.45, 7) is 1.67. The van der Waals surface area contributed by atoms with Gasteiger partial charge in [-0.1, -0.05) is 41.4 Å². The number of ether oxygens (including phenoxy) is 1. The lowest BCUT2D eigenvalue weighted by atomic mass is 9.95. The Morgan fingerprint density at radius 1 is 1.17 bits per heavy atom. The summed E-state index contributed by atoms with van der Waals surface area (Å²) in [5.74, 6) is -0.892. The van der Waals surface area contributed by atoms with E-state index in [-0.39, 0.29) is 13.2 Å². The van der Waals surface area contributed by atoms with Gasteiger partial charge in [0.15, 0.2) is 0 Å². The third-order valence-electron chi connectivity index (χ3n) is 4.84. The number of cyclic esters (lactones) is 1. The zero-order valence-corrected chi connectivity index (χ0v) is 16.3. The normalized spacial score (nSPS) is 18.3. The van der Waals surface area contributed by atoms with Crippen LogP contribution in [0.3, 0.4) is 0 Å². The molecule has 0 saturated heterocycles. The van der Waals surface area contributed by atoms with Gasteiger partial charge in [-0.05, 0) is 36.8 Å². The number of esters is 1. The minimum absolute atomic E-state index is 0.0435. The van der Waals surface area contributed by atoms with Gasteiger partial charge in [0.25, 0.3) is 0 Å².